The molecule has 0 aliphatic heterocycles. The number of hydrogen-bond donors (Lipinski definition) is 2. The molecule has 0 atom stereocenters. The summed E-state index contributed by atoms with van der Waals surface area (Å²) in [7, 11) is -1.68. The quantitative estimate of drug-likeness (QED) is 0.374. The van der Waals surface area contributed by atoms with Crippen LogP contribution in [0.5, 0.6) is 0 Å². The molecule has 0 saturated heterocycles. The molecular formula is C4H11BO4. The van der Waals surface area contributed by atoms with E-state index in [1.807, 2.05) is 6.92 Å². The van der Waals surface area contributed by atoms with Crippen LogP contribution in [0.2, 0.25) is 0 Å². The van der Waals surface area contributed by atoms with Crippen LogP contribution in [-0.4, -0.2) is 37.2 Å². The molecule has 0 saturated carbocycles. The van der Waals surface area contributed by atoms with Crippen LogP contribution in [0.3, 0.4) is 0 Å². The van der Waals surface area contributed by atoms with Crippen molar-refractivity contribution >= 4 is 7.32 Å². The zero-order valence-corrected chi connectivity index (χ0v) is 5.41. The van der Waals surface area contributed by atoms with E-state index in [1.54, 1.807) is 0 Å². The van der Waals surface area contributed by atoms with Crippen LogP contribution in [0.1, 0.15) is 6.92 Å². The summed E-state index contributed by atoms with van der Waals surface area (Å²) in [5.74, 6) is 0. The molecule has 5 heteroatoms. The minimum atomic E-state index is -1.68. The highest BCUT2D eigenvalue weighted by Gasteiger charge is 2.05. The maximum absolute atomic E-state index is 8.13. The predicted molar refractivity (Wildman–Crippen MR) is 32.6 cm³/mol. The summed E-state index contributed by atoms with van der Waals surface area (Å²) in [6, 6.07) is 0. The Kier molecular flexibility index (Phi) is 5.97. The molecule has 0 aliphatic carbocycles. The molecule has 0 heterocycles. The molecule has 0 aliphatic rings. The second kappa shape index (κ2) is 6.03. The highest BCUT2D eigenvalue weighted by Crippen LogP contribution is 1.77. The van der Waals surface area contributed by atoms with Gasteiger partial charge in [-0.15, -0.1) is 0 Å². The molecule has 0 aromatic carbocycles. The van der Waals surface area contributed by atoms with Crippen LogP contribution >= 0.6 is 0 Å². The lowest BCUT2D eigenvalue weighted by molar-refractivity contribution is 0.0866. The lowest BCUT2D eigenvalue weighted by Gasteiger charge is -2.00. The summed E-state index contributed by atoms with van der Waals surface area (Å²) in [6.45, 7) is 3.08. The Morgan fingerprint density at radius 2 is 2.00 bits per heavy atom. The smallest absolute Gasteiger partial charge is 0.402 e. The van der Waals surface area contributed by atoms with Crippen LogP contribution < -0.4 is 0 Å². The Morgan fingerprint density at radius 1 is 1.33 bits per heavy atom. The highest BCUT2D eigenvalue weighted by atomic mass is 16.6. The Bertz CT molecular complexity index is 58.5. The van der Waals surface area contributed by atoms with E-state index in [1.165, 1.54) is 0 Å². The van der Waals surface area contributed by atoms with Crippen molar-refractivity contribution in [2.24, 2.45) is 0 Å². The molecule has 0 unspecified atom stereocenters. The van der Waals surface area contributed by atoms with Crippen molar-refractivity contribution in [3.63, 3.8) is 0 Å². The first-order valence-corrected chi connectivity index (χ1v) is 2.83. The van der Waals surface area contributed by atoms with Crippen molar-refractivity contribution in [2.45, 2.75) is 6.92 Å². The summed E-state index contributed by atoms with van der Waals surface area (Å²) in [4.78, 5) is 0. The summed E-state index contributed by atoms with van der Waals surface area (Å²) >= 11 is 0. The van der Waals surface area contributed by atoms with E-state index in [4.69, 9.17) is 14.8 Å². The first-order valence-electron chi connectivity index (χ1n) is 2.83. The van der Waals surface area contributed by atoms with Gasteiger partial charge in [0, 0.05) is 6.61 Å². The van der Waals surface area contributed by atoms with Crippen molar-refractivity contribution in [1.82, 2.24) is 0 Å². The molecule has 0 fully saturated rings. The second-order valence-electron chi connectivity index (χ2n) is 1.39. The lowest BCUT2D eigenvalue weighted by Crippen LogP contribution is -2.19. The SMILES string of the molecule is CCOCCOB(O)O. The van der Waals surface area contributed by atoms with Gasteiger partial charge in [-0.05, 0) is 6.92 Å². The summed E-state index contributed by atoms with van der Waals surface area (Å²) in [6.07, 6.45) is 0. The van der Waals surface area contributed by atoms with Gasteiger partial charge in [0.2, 0.25) is 0 Å². The zero-order chi connectivity index (χ0) is 7.11. The van der Waals surface area contributed by atoms with Gasteiger partial charge in [0.1, 0.15) is 0 Å². The Balaban J connectivity index is 2.75. The molecule has 0 radical (unpaired) electrons. The standard InChI is InChI=1S/C4H11BO4/c1-2-8-3-4-9-5(6)7/h6-7H,2-4H2,1H3. The van der Waals surface area contributed by atoms with E-state index in [0.717, 1.165) is 0 Å². The average molecular weight is 134 g/mol. The van der Waals surface area contributed by atoms with Crippen LogP contribution in [0.25, 0.3) is 0 Å². The molecule has 0 rings (SSSR count). The topological polar surface area (TPSA) is 58.9 Å². The number of rotatable bonds is 5. The summed E-state index contributed by atoms with van der Waals surface area (Å²) in [5.41, 5.74) is 0. The van der Waals surface area contributed by atoms with Crippen molar-refractivity contribution in [3.05, 3.63) is 0 Å². The monoisotopic (exact) mass is 134 g/mol. The van der Waals surface area contributed by atoms with E-state index < -0.39 is 7.32 Å². The molecule has 4 nitrogen and oxygen atoms in total. The molecule has 9 heavy (non-hydrogen) atoms. The van der Waals surface area contributed by atoms with Gasteiger partial charge >= 0.3 is 7.32 Å². The summed E-state index contributed by atoms with van der Waals surface area (Å²) < 4.78 is 9.17. The first-order chi connectivity index (χ1) is 4.27. The summed E-state index contributed by atoms with van der Waals surface area (Å²) in [5, 5.41) is 16.3. The Hall–Kier alpha value is -0.0951. The third kappa shape index (κ3) is 7.90. The molecule has 2 N–H and O–H groups in total. The molecule has 0 aromatic heterocycles. The van der Waals surface area contributed by atoms with Gasteiger partial charge in [0.25, 0.3) is 0 Å². The van der Waals surface area contributed by atoms with Crippen LogP contribution in [0, 0.1) is 0 Å². The maximum atomic E-state index is 8.13. The van der Waals surface area contributed by atoms with E-state index in [-0.39, 0.29) is 6.61 Å². The third-order valence-corrected chi connectivity index (χ3v) is 0.699. The van der Waals surface area contributed by atoms with Crippen LogP contribution in [0.4, 0.5) is 0 Å². The van der Waals surface area contributed by atoms with Crippen LogP contribution in [0.15, 0.2) is 0 Å². The second-order valence-corrected chi connectivity index (χ2v) is 1.39. The van der Waals surface area contributed by atoms with Crippen molar-refractivity contribution in [3.8, 4) is 0 Å². The normalized spacial score (nSPS) is 9.67. The molecule has 0 amide bonds. The van der Waals surface area contributed by atoms with Gasteiger partial charge in [-0.2, -0.15) is 0 Å². The van der Waals surface area contributed by atoms with Gasteiger partial charge in [-0.1, -0.05) is 0 Å². The zero-order valence-electron chi connectivity index (χ0n) is 5.41. The van der Waals surface area contributed by atoms with Crippen molar-refractivity contribution in [1.29, 1.82) is 0 Å². The van der Waals surface area contributed by atoms with E-state index in [2.05, 4.69) is 4.65 Å². The lowest BCUT2D eigenvalue weighted by atomic mass is 10.3. The molecule has 0 spiro atoms. The molecule has 0 aromatic rings. The molecule has 54 valence electrons. The van der Waals surface area contributed by atoms with E-state index in [0.29, 0.717) is 13.2 Å². The fourth-order valence-corrected chi connectivity index (χ4v) is 0.357. The van der Waals surface area contributed by atoms with Crippen molar-refractivity contribution in [2.75, 3.05) is 19.8 Å². The van der Waals surface area contributed by atoms with Gasteiger partial charge in [0.15, 0.2) is 0 Å². The molecular weight excluding hydrogens is 123 g/mol. The Labute approximate surface area is 54.6 Å². The minimum Gasteiger partial charge on any atom is -0.402 e. The third-order valence-electron chi connectivity index (χ3n) is 0.699. The number of ether oxygens (including phenoxy) is 1. The number of hydrogen-bond acceptors (Lipinski definition) is 4. The van der Waals surface area contributed by atoms with Crippen LogP contribution in [-0.2, 0) is 9.39 Å². The first kappa shape index (κ1) is 8.90. The fourth-order valence-electron chi connectivity index (χ4n) is 0.357. The van der Waals surface area contributed by atoms with E-state index >= 15 is 0 Å². The van der Waals surface area contributed by atoms with Gasteiger partial charge in [-0.25, -0.2) is 0 Å². The Morgan fingerprint density at radius 3 is 2.44 bits per heavy atom. The fraction of sp³-hybridized carbons (Fsp3) is 1.00. The molecule has 0 bridgehead atoms. The average Bonchev–Trinajstić information content (AvgIpc) is 1.80. The van der Waals surface area contributed by atoms with Gasteiger partial charge < -0.3 is 19.4 Å². The van der Waals surface area contributed by atoms with Gasteiger partial charge in [-0.3, -0.25) is 0 Å². The highest BCUT2D eigenvalue weighted by molar-refractivity contribution is 6.32. The predicted octanol–water partition coefficient (Wildman–Crippen LogP) is -0.991. The maximum Gasteiger partial charge on any atom is 0.633 e. The minimum absolute atomic E-state index is 0.214. The van der Waals surface area contributed by atoms with E-state index in [9.17, 15) is 0 Å². The van der Waals surface area contributed by atoms with Crippen molar-refractivity contribution < 1.29 is 19.4 Å². The van der Waals surface area contributed by atoms with Gasteiger partial charge in [0.05, 0.1) is 13.2 Å². The largest absolute Gasteiger partial charge is 0.633 e.